The van der Waals surface area contributed by atoms with Crippen LogP contribution in [0.4, 0.5) is 10.1 Å². The predicted molar refractivity (Wildman–Crippen MR) is 84.2 cm³/mol. The Bertz CT molecular complexity index is 742. The molecule has 0 bridgehead atoms. The molecule has 0 heterocycles. The van der Waals surface area contributed by atoms with Crippen LogP contribution >= 0.6 is 0 Å². The smallest absolute Gasteiger partial charge is 0.268 e. The van der Waals surface area contributed by atoms with Crippen molar-refractivity contribution in [2.75, 3.05) is 11.4 Å². The third-order valence-corrected chi connectivity index (χ3v) is 5.20. The molecule has 0 aliphatic rings. The van der Waals surface area contributed by atoms with Crippen molar-refractivity contribution in [1.29, 1.82) is 0 Å². The van der Waals surface area contributed by atoms with Gasteiger partial charge in [-0.2, -0.15) is 0 Å². The molecule has 0 unspecified atom stereocenters. The summed E-state index contributed by atoms with van der Waals surface area (Å²) in [6, 6.07) is 11.5. The van der Waals surface area contributed by atoms with E-state index >= 15 is 0 Å². The van der Waals surface area contributed by atoms with Gasteiger partial charge in [0.1, 0.15) is 16.5 Å². The number of benzene rings is 2. The molecule has 0 spiro atoms. The van der Waals surface area contributed by atoms with Crippen molar-refractivity contribution in [3.05, 3.63) is 54.3 Å². The van der Waals surface area contributed by atoms with E-state index in [1.165, 1.54) is 41.7 Å². The Labute approximate surface area is 130 Å². The lowest BCUT2D eigenvalue weighted by atomic mass is 10.3. The summed E-state index contributed by atoms with van der Waals surface area (Å²) >= 11 is 0. The molecule has 0 saturated heterocycles. The van der Waals surface area contributed by atoms with Gasteiger partial charge < -0.3 is 4.74 Å². The highest BCUT2D eigenvalue weighted by atomic mass is 32.2. The van der Waals surface area contributed by atoms with Crippen molar-refractivity contribution < 1.29 is 17.5 Å². The minimum atomic E-state index is -3.82. The lowest BCUT2D eigenvalue weighted by molar-refractivity contribution is 0.402. The second kappa shape index (κ2) is 6.36. The maximum absolute atomic E-state index is 13.1. The Morgan fingerprint density at radius 2 is 1.64 bits per heavy atom. The average molecular weight is 323 g/mol. The molecular formula is C16H18FNO3S. The fraction of sp³-hybridized carbons (Fsp3) is 0.250. The molecule has 22 heavy (non-hydrogen) atoms. The SMILES string of the molecule is COc1ccccc1S(=O)(=O)N(c1ccc(F)cc1)C(C)C. The first-order valence-electron chi connectivity index (χ1n) is 6.81. The first-order valence-corrected chi connectivity index (χ1v) is 8.25. The molecule has 0 fully saturated rings. The van der Waals surface area contributed by atoms with Crippen LogP contribution in [0.2, 0.25) is 0 Å². The largest absolute Gasteiger partial charge is 0.495 e. The van der Waals surface area contributed by atoms with E-state index in [0.717, 1.165) is 0 Å². The number of anilines is 1. The molecule has 0 N–H and O–H groups in total. The molecule has 2 aromatic rings. The number of rotatable bonds is 5. The van der Waals surface area contributed by atoms with Crippen LogP contribution in [0.1, 0.15) is 13.8 Å². The standard InChI is InChI=1S/C16H18FNO3S/c1-12(2)18(14-10-8-13(17)9-11-14)22(19,20)16-7-5-4-6-15(16)21-3/h4-12H,1-3H3. The molecular weight excluding hydrogens is 305 g/mol. The summed E-state index contributed by atoms with van der Waals surface area (Å²) in [5.74, 6) is -0.141. The van der Waals surface area contributed by atoms with E-state index < -0.39 is 15.8 Å². The van der Waals surface area contributed by atoms with Crippen molar-refractivity contribution in [2.24, 2.45) is 0 Å². The first kappa shape index (κ1) is 16.3. The van der Waals surface area contributed by atoms with Crippen LogP contribution in [0.5, 0.6) is 5.75 Å². The van der Waals surface area contributed by atoms with Gasteiger partial charge in [-0.05, 0) is 50.2 Å². The summed E-state index contributed by atoms with van der Waals surface area (Å²) in [6.45, 7) is 3.52. The highest BCUT2D eigenvalue weighted by Gasteiger charge is 2.30. The molecule has 0 aliphatic carbocycles. The van der Waals surface area contributed by atoms with Crippen LogP contribution in [0.25, 0.3) is 0 Å². The molecule has 4 nitrogen and oxygen atoms in total. The number of hydrogen-bond donors (Lipinski definition) is 0. The zero-order chi connectivity index (χ0) is 16.3. The summed E-state index contributed by atoms with van der Waals surface area (Å²) in [6.07, 6.45) is 0. The van der Waals surface area contributed by atoms with Crippen molar-refractivity contribution in [3.8, 4) is 5.75 Å². The zero-order valence-electron chi connectivity index (χ0n) is 12.7. The molecule has 6 heteroatoms. The van der Waals surface area contributed by atoms with Gasteiger partial charge in [0, 0.05) is 6.04 Å². The van der Waals surface area contributed by atoms with Crippen molar-refractivity contribution >= 4 is 15.7 Å². The molecule has 0 saturated carbocycles. The maximum atomic E-state index is 13.1. The summed E-state index contributed by atoms with van der Waals surface area (Å²) in [5, 5.41) is 0. The van der Waals surface area contributed by atoms with Gasteiger partial charge in [-0.1, -0.05) is 12.1 Å². The van der Waals surface area contributed by atoms with Crippen LogP contribution < -0.4 is 9.04 Å². The highest BCUT2D eigenvalue weighted by molar-refractivity contribution is 7.93. The molecule has 2 rings (SSSR count). The third-order valence-electron chi connectivity index (χ3n) is 3.16. The molecule has 0 aliphatic heterocycles. The van der Waals surface area contributed by atoms with Gasteiger partial charge >= 0.3 is 0 Å². The van der Waals surface area contributed by atoms with E-state index in [4.69, 9.17) is 4.74 Å². The van der Waals surface area contributed by atoms with Crippen molar-refractivity contribution in [3.63, 3.8) is 0 Å². The lowest BCUT2D eigenvalue weighted by Crippen LogP contribution is -2.37. The predicted octanol–water partition coefficient (Wildman–Crippen LogP) is 3.44. The fourth-order valence-electron chi connectivity index (χ4n) is 2.24. The minimum Gasteiger partial charge on any atom is -0.495 e. The Balaban J connectivity index is 2.58. The van der Waals surface area contributed by atoms with E-state index in [1.54, 1.807) is 32.0 Å². The Morgan fingerprint density at radius 1 is 1.05 bits per heavy atom. The van der Waals surface area contributed by atoms with Gasteiger partial charge in [-0.15, -0.1) is 0 Å². The first-order chi connectivity index (χ1) is 10.4. The van der Waals surface area contributed by atoms with E-state index in [0.29, 0.717) is 5.69 Å². The molecule has 0 radical (unpaired) electrons. The van der Waals surface area contributed by atoms with Crippen LogP contribution in [-0.2, 0) is 10.0 Å². The molecule has 0 aromatic heterocycles. The molecule has 2 aromatic carbocycles. The van der Waals surface area contributed by atoms with E-state index in [-0.39, 0.29) is 16.7 Å². The topological polar surface area (TPSA) is 46.6 Å². The third kappa shape index (κ3) is 3.06. The number of hydrogen-bond acceptors (Lipinski definition) is 3. The van der Waals surface area contributed by atoms with Gasteiger partial charge in [-0.3, -0.25) is 4.31 Å². The molecule has 118 valence electrons. The average Bonchev–Trinajstić information content (AvgIpc) is 2.49. The number of nitrogens with zero attached hydrogens (tertiary/aromatic N) is 1. The molecule has 0 atom stereocenters. The van der Waals surface area contributed by atoms with Gasteiger partial charge in [0.15, 0.2) is 0 Å². The quantitative estimate of drug-likeness (QED) is 0.847. The van der Waals surface area contributed by atoms with E-state index in [9.17, 15) is 12.8 Å². The normalized spacial score (nSPS) is 11.5. The monoisotopic (exact) mass is 323 g/mol. The fourth-order valence-corrected chi connectivity index (χ4v) is 4.06. The van der Waals surface area contributed by atoms with E-state index in [2.05, 4.69) is 0 Å². The molecule has 0 amide bonds. The number of sulfonamides is 1. The van der Waals surface area contributed by atoms with Crippen LogP contribution in [-0.4, -0.2) is 21.6 Å². The summed E-state index contributed by atoms with van der Waals surface area (Å²) < 4.78 is 45.5. The number of methoxy groups -OCH3 is 1. The van der Waals surface area contributed by atoms with Gasteiger partial charge in [0.25, 0.3) is 10.0 Å². The van der Waals surface area contributed by atoms with Crippen LogP contribution in [0, 0.1) is 5.82 Å². The summed E-state index contributed by atoms with van der Waals surface area (Å²) in [7, 11) is -2.40. The number of ether oxygens (including phenoxy) is 1. The second-order valence-electron chi connectivity index (χ2n) is 5.02. The maximum Gasteiger partial charge on any atom is 0.268 e. The van der Waals surface area contributed by atoms with Gasteiger partial charge in [-0.25, -0.2) is 12.8 Å². The minimum absolute atomic E-state index is 0.0792. The van der Waals surface area contributed by atoms with Gasteiger partial charge in [0.2, 0.25) is 0 Å². The summed E-state index contributed by atoms with van der Waals surface area (Å²) in [5.41, 5.74) is 0.405. The number of halogens is 1. The highest BCUT2D eigenvalue weighted by Crippen LogP contribution is 2.31. The Hall–Kier alpha value is -2.08. The van der Waals surface area contributed by atoms with E-state index in [1.807, 2.05) is 0 Å². The zero-order valence-corrected chi connectivity index (χ0v) is 13.5. The van der Waals surface area contributed by atoms with Crippen LogP contribution in [0.15, 0.2) is 53.4 Å². The van der Waals surface area contributed by atoms with Gasteiger partial charge in [0.05, 0.1) is 12.8 Å². The number of para-hydroxylation sites is 1. The Kier molecular flexibility index (Phi) is 4.71. The second-order valence-corrected chi connectivity index (χ2v) is 6.81. The van der Waals surface area contributed by atoms with Crippen LogP contribution in [0.3, 0.4) is 0 Å². The van der Waals surface area contributed by atoms with Crippen molar-refractivity contribution in [2.45, 2.75) is 24.8 Å². The summed E-state index contributed by atoms with van der Waals surface area (Å²) in [4.78, 5) is 0.0792. The Morgan fingerprint density at radius 3 is 2.18 bits per heavy atom. The van der Waals surface area contributed by atoms with Crippen molar-refractivity contribution in [1.82, 2.24) is 0 Å². The lowest BCUT2D eigenvalue weighted by Gasteiger charge is -2.28.